The molecule has 0 aliphatic carbocycles. The summed E-state index contributed by atoms with van der Waals surface area (Å²) in [6.45, 7) is 0. The third-order valence-corrected chi connectivity index (χ3v) is 4.89. The Balaban J connectivity index is 3.56. The van der Waals surface area contributed by atoms with Gasteiger partial charge in [0.1, 0.15) is 10.5 Å². The van der Waals surface area contributed by atoms with Gasteiger partial charge in [-0.25, -0.2) is 13.2 Å². The molecule has 0 bridgehead atoms. The zero-order valence-electron chi connectivity index (χ0n) is 10.1. The fourth-order valence-electron chi connectivity index (χ4n) is 1.46. The summed E-state index contributed by atoms with van der Waals surface area (Å²) in [5.41, 5.74) is 0.554. The van der Waals surface area contributed by atoms with E-state index >= 15 is 0 Å². The van der Waals surface area contributed by atoms with Gasteiger partial charge in [-0.3, -0.25) is 0 Å². The molecule has 0 radical (unpaired) electrons. The lowest BCUT2D eigenvalue weighted by Gasteiger charge is -2.12. The Labute approximate surface area is 130 Å². The van der Waals surface area contributed by atoms with Gasteiger partial charge in [0.2, 0.25) is 0 Å². The van der Waals surface area contributed by atoms with Crippen LogP contribution in [0.1, 0.15) is 10.4 Å². The van der Waals surface area contributed by atoms with Crippen molar-refractivity contribution < 1.29 is 23.1 Å². The summed E-state index contributed by atoms with van der Waals surface area (Å²) in [7, 11) is -2.79. The monoisotopic (exact) mass is 358 g/mol. The van der Waals surface area contributed by atoms with Crippen molar-refractivity contribution in [3.8, 4) is 5.75 Å². The summed E-state index contributed by atoms with van der Waals surface area (Å²) in [6.07, 6.45) is 0. The predicted molar refractivity (Wildman–Crippen MR) is 76.8 cm³/mol. The Morgan fingerprint density at radius 1 is 1.45 bits per heavy atom. The van der Waals surface area contributed by atoms with E-state index in [0.717, 1.165) is 24.8 Å². The fourth-order valence-corrected chi connectivity index (χ4v) is 3.73. The number of halogens is 3. The molecule has 20 heavy (non-hydrogen) atoms. The maximum atomic E-state index is 12.2. The number of aromatic carboxylic acids is 1. The molecule has 9 heteroatoms. The normalized spacial score (nSPS) is 12.3. The van der Waals surface area contributed by atoms with Crippen LogP contribution in [0.3, 0.4) is 0 Å². The van der Waals surface area contributed by atoms with Crippen LogP contribution in [-0.2, 0) is 9.84 Å². The third-order valence-electron chi connectivity index (χ3n) is 2.24. The average molecular weight is 360 g/mol. The molecule has 1 rings (SSSR count). The highest BCUT2D eigenvalue weighted by molar-refractivity contribution is 7.91. The second kappa shape index (κ2) is 6.67. The van der Waals surface area contributed by atoms with Crippen LogP contribution in [0.15, 0.2) is 27.6 Å². The van der Waals surface area contributed by atoms with Crippen LogP contribution in [-0.4, -0.2) is 32.4 Å². The topological polar surface area (TPSA) is 80.7 Å². The minimum absolute atomic E-state index is 0.0484. The summed E-state index contributed by atoms with van der Waals surface area (Å²) >= 11 is 16.7. The van der Waals surface area contributed by atoms with Crippen molar-refractivity contribution in [2.45, 2.75) is 4.90 Å². The zero-order valence-corrected chi connectivity index (χ0v) is 13.1. The van der Waals surface area contributed by atoms with Gasteiger partial charge in [-0.15, -0.1) is 0 Å². The molecule has 0 unspecified atom stereocenters. The molecule has 0 saturated heterocycles. The van der Waals surface area contributed by atoms with E-state index in [1.165, 1.54) is 0 Å². The number of benzene rings is 1. The molecule has 0 amide bonds. The zero-order chi connectivity index (χ0) is 15.5. The van der Waals surface area contributed by atoms with Gasteiger partial charge < -0.3 is 9.84 Å². The lowest BCUT2D eigenvalue weighted by atomic mass is 10.2. The Bertz CT molecular complexity index is 667. The molecule has 0 fully saturated rings. The molecule has 0 spiro atoms. The number of ether oxygens (including phenoxy) is 1. The number of sulfone groups is 1. The minimum atomic E-state index is -3.95. The highest BCUT2D eigenvalue weighted by Crippen LogP contribution is 2.33. The third kappa shape index (κ3) is 3.79. The number of rotatable bonds is 5. The first-order valence-electron chi connectivity index (χ1n) is 5.01. The van der Waals surface area contributed by atoms with Crippen LogP contribution in [0.2, 0.25) is 5.02 Å². The molecular formula is C11H9Cl3O5S. The van der Waals surface area contributed by atoms with Crippen molar-refractivity contribution in [3.05, 3.63) is 33.3 Å². The molecule has 0 aromatic heterocycles. The smallest absolute Gasteiger partial charge is 0.339 e. The van der Waals surface area contributed by atoms with Crippen molar-refractivity contribution in [3.63, 3.8) is 0 Å². The highest BCUT2D eigenvalue weighted by atomic mass is 35.5. The maximum absolute atomic E-state index is 12.2. The summed E-state index contributed by atoms with van der Waals surface area (Å²) in [4.78, 5) is 10.7. The van der Waals surface area contributed by atoms with E-state index in [1.54, 1.807) is 0 Å². The first kappa shape index (κ1) is 17.1. The van der Waals surface area contributed by atoms with Gasteiger partial charge in [0.15, 0.2) is 15.6 Å². The Hall–Kier alpha value is -0.950. The van der Waals surface area contributed by atoms with Crippen molar-refractivity contribution in [1.82, 2.24) is 0 Å². The number of carbonyl (C=O) groups is 1. The molecule has 1 N–H and O–H groups in total. The second-order valence-corrected chi connectivity index (χ2v) is 6.70. The van der Waals surface area contributed by atoms with E-state index in [0.29, 0.717) is 0 Å². The van der Waals surface area contributed by atoms with Gasteiger partial charge in [-0.1, -0.05) is 34.8 Å². The number of carboxylic acid groups (broad SMARTS) is 1. The standard InChI is InChI=1S/C11H9Cl3O5S/c1-19-10-8(11(15)16)2-6(13)3-9(10)20(17,18)5-7(14)4-12/h2-4H,5H2,1H3,(H,15,16). The molecular weight excluding hydrogens is 351 g/mol. The number of hydrogen-bond donors (Lipinski definition) is 1. The molecule has 110 valence electrons. The van der Waals surface area contributed by atoms with Gasteiger partial charge in [0.05, 0.1) is 12.9 Å². The van der Waals surface area contributed by atoms with E-state index in [2.05, 4.69) is 0 Å². The van der Waals surface area contributed by atoms with Crippen LogP contribution in [0.25, 0.3) is 0 Å². The van der Waals surface area contributed by atoms with Crippen LogP contribution >= 0.6 is 34.8 Å². The van der Waals surface area contributed by atoms with E-state index in [-0.39, 0.29) is 26.3 Å². The molecule has 5 nitrogen and oxygen atoms in total. The largest absolute Gasteiger partial charge is 0.494 e. The number of methoxy groups -OCH3 is 1. The molecule has 0 heterocycles. The second-order valence-electron chi connectivity index (χ2n) is 3.60. The molecule has 0 saturated carbocycles. The highest BCUT2D eigenvalue weighted by Gasteiger charge is 2.26. The van der Waals surface area contributed by atoms with E-state index < -0.39 is 21.6 Å². The van der Waals surface area contributed by atoms with Crippen LogP contribution in [0.5, 0.6) is 5.75 Å². The summed E-state index contributed by atoms with van der Waals surface area (Å²) in [6, 6.07) is 2.20. The van der Waals surface area contributed by atoms with Crippen LogP contribution < -0.4 is 4.74 Å². The number of hydrogen-bond acceptors (Lipinski definition) is 4. The van der Waals surface area contributed by atoms with E-state index in [9.17, 15) is 13.2 Å². The van der Waals surface area contributed by atoms with Crippen LogP contribution in [0.4, 0.5) is 0 Å². The van der Waals surface area contributed by atoms with Gasteiger partial charge in [-0.05, 0) is 12.1 Å². The quantitative estimate of drug-likeness (QED) is 0.873. The molecule has 1 aromatic carbocycles. The van der Waals surface area contributed by atoms with Crippen molar-refractivity contribution in [2.75, 3.05) is 12.9 Å². The lowest BCUT2D eigenvalue weighted by Crippen LogP contribution is -2.11. The Morgan fingerprint density at radius 2 is 2.05 bits per heavy atom. The molecule has 0 atom stereocenters. The minimum Gasteiger partial charge on any atom is -0.494 e. The van der Waals surface area contributed by atoms with Gasteiger partial charge in [0.25, 0.3) is 0 Å². The Kier molecular flexibility index (Phi) is 5.70. The van der Waals surface area contributed by atoms with Gasteiger partial charge in [-0.2, -0.15) is 0 Å². The van der Waals surface area contributed by atoms with E-state index in [4.69, 9.17) is 44.6 Å². The molecule has 0 aliphatic heterocycles. The van der Waals surface area contributed by atoms with Crippen molar-refractivity contribution in [1.29, 1.82) is 0 Å². The lowest BCUT2D eigenvalue weighted by molar-refractivity contribution is 0.0693. The summed E-state index contributed by atoms with van der Waals surface area (Å²) in [5.74, 6) is -2.26. The number of carboxylic acids is 1. The first-order chi connectivity index (χ1) is 9.22. The fraction of sp³-hybridized carbons (Fsp3) is 0.182. The Morgan fingerprint density at radius 3 is 2.50 bits per heavy atom. The summed E-state index contributed by atoms with van der Waals surface area (Å²) in [5, 5.41) is 8.88. The van der Waals surface area contributed by atoms with Crippen molar-refractivity contribution in [2.24, 2.45) is 0 Å². The van der Waals surface area contributed by atoms with Crippen LogP contribution in [0, 0.1) is 0 Å². The maximum Gasteiger partial charge on any atom is 0.339 e. The SMILES string of the molecule is COc1c(C(=O)O)cc(Cl)cc1S(=O)(=O)CC(Cl)=CCl. The van der Waals surface area contributed by atoms with Crippen molar-refractivity contribution >= 4 is 50.6 Å². The summed E-state index contributed by atoms with van der Waals surface area (Å²) < 4.78 is 29.3. The van der Waals surface area contributed by atoms with Gasteiger partial charge in [0, 0.05) is 15.6 Å². The first-order valence-corrected chi connectivity index (χ1v) is 7.85. The average Bonchev–Trinajstić information content (AvgIpc) is 2.36. The molecule has 1 aromatic rings. The molecule has 0 aliphatic rings. The predicted octanol–water partition coefficient (Wildman–Crippen LogP) is 3.14. The van der Waals surface area contributed by atoms with Gasteiger partial charge >= 0.3 is 5.97 Å². The van der Waals surface area contributed by atoms with E-state index in [1.807, 2.05) is 0 Å².